The molecule has 0 spiro atoms. The Hall–Kier alpha value is 1.31. The maximum Gasteiger partial charge on any atom is 1.00 e. The maximum atomic E-state index is 8.89. The predicted octanol–water partition coefficient (Wildman–Crippen LogP) is -2.54. The summed E-state index contributed by atoms with van der Waals surface area (Å²) in [5.74, 6) is -1.08. The van der Waals surface area contributed by atoms with Crippen LogP contribution in [0.15, 0.2) is 0 Å². The summed E-state index contributed by atoms with van der Waals surface area (Å²) in [6, 6.07) is 0. The maximum absolute atomic E-state index is 8.89. The molecule has 0 aliphatic heterocycles. The van der Waals surface area contributed by atoms with Gasteiger partial charge >= 0.3 is 54.6 Å². The van der Waals surface area contributed by atoms with E-state index in [2.05, 4.69) is 0 Å². The van der Waals surface area contributed by atoms with Crippen LogP contribution < -0.4 is 5.11 Å². The van der Waals surface area contributed by atoms with Gasteiger partial charge in [-0.2, -0.15) is 0 Å². The molecule has 0 bridgehead atoms. The van der Waals surface area contributed by atoms with Gasteiger partial charge in [-0.3, -0.25) is 0 Å². The van der Waals surface area contributed by atoms with E-state index in [-0.39, 0.29) is 54.6 Å². The molecule has 0 saturated carbocycles. The van der Waals surface area contributed by atoms with Crippen LogP contribution in [0, 0.1) is 0 Å². The smallest absolute Gasteiger partial charge is 1.00 e. The van der Waals surface area contributed by atoms with E-state index in [1.807, 2.05) is 0 Å². The normalized spacial score (nSPS) is 4.17. The Bertz CT molecular complexity index is 34.5. The van der Waals surface area contributed by atoms with Crippen molar-refractivity contribution in [2.24, 2.45) is 0 Å². The molecule has 0 saturated heterocycles. The van der Waals surface area contributed by atoms with Gasteiger partial charge in [0.15, 0.2) is 0 Å². The van der Waals surface area contributed by atoms with E-state index in [0.29, 0.717) is 0 Å². The van der Waals surface area contributed by atoms with Gasteiger partial charge in [-0.1, -0.05) is 0 Å². The third-order valence-electron chi connectivity index (χ3n) is 0. The van der Waals surface area contributed by atoms with Crippen LogP contribution in [0.3, 0.4) is 0 Å². The Morgan fingerprint density at radius 3 is 1.67 bits per heavy atom. The summed E-state index contributed by atoms with van der Waals surface area (Å²) < 4.78 is 0. The van der Waals surface area contributed by atoms with Crippen molar-refractivity contribution in [3.8, 4) is 0 Å². The molecule has 4 heteroatoms. The van der Waals surface area contributed by atoms with E-state index < -0.39 is 5.97 Å². The minimum atomic E-state index is -1.08. The van der Waals surface area contributed by atoms with Gasteiger partial charge in [-0.25, -0.2) is 0 Å². The molecule has 0 amide bonds. The van der Waals surface area contributed by atoms with Gasteiger partial charge in [-0.05, 0) is 6.92 Å². The Morgan fingerprint density at radius 1 is 1.67 bits per heavy atom. The van der Waals surface area contributed by atoms with E-state index >= 15 is 0 Å². The van der Waals surface area contributed by atoms with Gasteiger partial charge in [0.2, 0.25) is 0 Å². The van der Waals surface area contributed by atoms with Crippen LogP contribution in [0.4, 0.5) is 0 Å². The minimum absolute atomic E-state index is 0. The Morgan fingerprint density at radius 2 is 1.67 bits per heavy atom. The fourth-order valence-corrected chi connectivity index (χ4v) is 0. The second-order valence-corrected chi connectivity index (χ2v) is 0.492. The largest absolute Gasteiger partial charge is 1.00 e. The fraction of sp³-hybridized carbons (Fsp3) is 0.500. The van der Waals surface area contributed by atoms with Gasteiger partial charge < -0.3 is 9.90 Å². The molecule has 2 radical (unpaired) electrons. The van der Waals surface area contributed by atoms with Crippen molar-refractivity contribution in [2.45, 2.75) is 6.92 Å². The second kappa shape index (κ2) is 9.58. The Labute approximate surface area is 76.6 Å². The first-order valence-electron chi connectivity index (χ1n) is 0.908. The monoisotopic (exact) mass is 474 g/mol. The van der Waals surface area contributed by atoms with E-state index in [1.165, 1.54) is 0 Å². The van der Waals surface area contributed by atoms with Crippen molar-refractivity contribution in [3.63, 3.8) is 0 Å². The van der Waals surface area contributed by atoms with E-state index in [0.717, 1.165) is 6.92 Å². The summed E-state index contributed by atoms with van der Waals surface area (Å²) in [6.45, 7) is 0.972. The molecule has 0 aromatic rings. The van der Waals surface area contributed by atoms with Gasteiger partial charge in [0.25, 0.3) is 0 Å². The molecule has 0 N–H and O–H groups in total. The summed E-state index contributed by atoms with van der Waals surface area (Å²) in [6.07, 6.45) is 0. The summed E-state index contributed by atoms with van der Waals surface area (Å²) in [7, 11) is 0. The first-order valence-corrected chi connectivity index (χ1v) is 0.908. The molecule has 0 atom stereocenters. The number of rotatable bonds is 0. The van der Waals surface area contributed by atoms with Crippen LogP contribution in [0.1, 0.15) is 6.92 Å². The first-order chi connectivity index (χ1) is 1.73. The molecule has 0 rings (SSSR count). The molecule has 0 unspecified atom stereocenters. The summed E-state index contributed by atoms with van der Waals surface area (Å²) in [4.78, 5) is 8.89. The number of carboxylic acid groups (broad SMARTS) is 1. The van der Waals surface area contributed by atoms with Crippen LogP contribution >= 0.6 is 0 Å². The third kappa shape index (κ3) is 57.3. The zero-order chi connectivity index (χ0) is 3.58. The number of hydrogen-bond donors (Lipinski definition) is 0. The average Bonchev–Trinajstić information content (AvgIpc) is 0.811. The van der Waals surface area contributed by atoms with Crippen LogP contribution in [-0.4, -0.2) is 60.6 Å². The van der Waals surface area contributed by atoms with Crippen molar-refractivity contribution >= 4 is 60.6 Å². The van der Waals surface area contributed by atoms with Crippen LogP contribution in [0.2, 0.25) is 0 Å². The number of hydrogen-bond acceptors (Lipinski definition) is 2. The zero-order valence-electron chi connectivity index (χ0n) is 3.60. The van der Waals surface area contributed by atoms with Crippen molar-refractivity contribution in [1.29, 1.82) is 0 Å². The van der Waals surface area contributed by atoms with Crippen molar-refractivity contribution in [2.75, 3.05) is 0 Å². The van der Waals surface area contributed by atoms with Crippen LogP contribution in [0.25, 0.3) is 0 Å². The average molecular weight is 473 g/mol. The van der Waals surface area contributed by atoms with E-state index in [4.69, 9.17) is 9.90 Å². The molecular formula is C2H5O2PbTl. The SMILES string of the molecule is CC(=O)[O-].[PbH2].[Tl+]. The third-order valence-corrected chi connectivity index (χ3v) is 0. The summed E-state index contributed by atoms with van der Waals surface area (Å²) in [5, 5.41) is 8.89. The number of carboxylic acids is 1. The number of carbonyl (C=O) groups is 1. The molecule has 6 heavy (non-hydrogen) atoms. The fourth-order valence-electron chi connectivity index (χ4n) is 0. The second-order valence-electron chi connectivity index (χ2n) is 0.492. The molecule has 2 nitrogen and oxygen atoms in total. The number of carbonyl (C=O) groups excluding carboxylic acids is 1. The topological polar surface area (TPSA) is 40.1 Å². The predicted molar refractivity (Wildman–Crippen MR) is 25.0 cm³/mol. The minimum Gasteiger partial charge on any atom is 1.00 e. The van der Waals surface area contributed by atoms with Crippen LogP contribution in [-0.2, 0) is 4.79 Å². The van der Waals surface area contributed by atoms with E-state index in [9.17, 15) is 0 Å². The summed E-state index contributed by atoms with van der Waals surface area (Å²) in [5.41, 5.74) is 0. The molecule has 0 fully saturated rings. The Kier molecular flexibility index (Phi) is 25.0. The molecule has 0 aliphatic rings. The van der Waals surface area contributed by atoms with Gasteiger partial charge in [-0.15, -0.1) is 0 Å². The van der Waals surface area contributed by atoms with Crippen molar-refractivity contribution in [3.05, 3.63) is 0 Å². The molecule has 0 aliphatic carbocycles. The first kappa shape index (κ1) is 15.7. The van der Waals surface area contributed by atoms with Gasteiger partial charge in [0.05, 0.1) is 0 Å². The zero-order valence-corrected chi connectivity index (χ0v) is 13.6. The number of aliphatic carboxylic acids is 1. The van der Waals surface area contributed by atoms with E-state index in [1.54, 1.807) is 0 Å². The molecule has 0 heterocycles. The van der Waals surface area contributed by atoms with Crippen LogP contribution in [0.5, 0.6) is 0 Å². The molecule has 0 aromatic carbocycles. The summed E-state index contributed by atoms with van der Waals surface area (Å²) >= 11 is 0. The molecule has 32 valence electrons. The van der Waals surface area contributed by atoms with Gasteiger partial charge in [0.1, 0.15) is 0 Å². The van der Waals surface area contributed by atoms with Crippen molar-refractivity contribution < 1.29 is 9.90 Å². The molecule has 0 aromatic heterocycles. The quantitative estimate of drug-likeness (QED) is 0.365. The standard InChI is InChI=1S/C2H4O2.Pb.Tl.2H/c1-2(3)4;;;;/h1H3,(H,3,4);;;;/q;;+1;;/p-1. The van der Waals surface area contributed by atoms with Crippen molar-refractivity contribution in [1.82, 2.24) is 0 Å². The molecular weight excluding hydrogens is 468 g/mol. The van der Waals surface area contributed by atoms with Gasteiger partial charge in [0, 0.05) is 5.97 Å². The Balaban J connectivity index is -0.0000000450.